The predicted molar refractivity (Wildman–Crippen MR) is 80.5 cm³/mol. The molecular weight excluding hydrogens is 338 g/mol. The maximum atomic E-state index is 12.2. The molecule has 108 valence electrons. The van der Waals surface area contributed by atoms with E-state index >= 15 is 0 Å². The highest BCUT2D eigenvalue weighted by atomic mass is 79.9. The molecule has 1 heterocycles. The molecule has 1 aliphatic rings. The van der Waals surface area contributed by atoms with E-state index in [-0.39, 0.29) is 28.3 Å². The fraction of sp³-hybridized carbons (Fsp3) is 0.214. The number of benzene rings is 1. The van der Waals surface area contributed by atoms with E-state index in [1.54, 1.807) is 0 Å². The normalized spacial score (nSPS) is 20.0. The minimum Gasteiger partial charge on any atom is -0.358 e. The van der Waals surface area contributed by atoms with Crippen molar-refractivity contribution in [3.05, 3.63) is 63.3 Å². The smallest absolute Gasteiger partial charge is 0.321 e. The Morgan fingerprint density at radius 2 is 2.10 bits per heavy atom. The molecule has 0 radical (unpaired) electrons. The number of nitro groups is 1. The summed E-state index contributed by atoms with van der Waals surface area (Å²) in [6.07, 6.45) is 0.839. The Labute approximate surface area is 128 Å². The summed E-state index contributed by atoms with van der Waals surface area (Å²) in [6, 6.07) is 10.5. The zero-order chi connectivity index (χ0) is 15.0. The van der Waals surface area contributed by atoms with Crippen molar-refractivity contribution in [1.82, 2.24) is 10.3 Å². The number of carbonyl (C=O) groups excluding carboxylic acids is 1. The zero-order valence-electron chi connectivity index (χ0n) is 10.9. The molecule has 2 unspecified atom stereocenters. The molecule has 6 nitrogen and oxygen atoms in total. The summed E-state index contributed by atoms with van der Waals surface area (Å²) in [5, 5.41) is 13.5. The van der Waals surface area contributed by atoms with Gasteiger partial charge in [0.05, 0.1) is 6.04 Å². The molecule has 1 amide bonds. The maximum Gasteiger partial charge on any atom is 0.321 e. The van der Waals surface area contributed by atoms with Gasteiger partial charge in [0.2, 0.25) is 0 Å². The highest BCUT2D eigenvalue weighted by molar-refractivity contribution is 9.09. The molecule has 2 atom stereocenters. The van der Waals surface area contributed by atoms with Crippen LogP contribution in [0, 0.1) is 10.1 Å². The topological polar surface area (TPSA) is 88.0 Å². The van der Waals surface area contributed by atoms with Crippen molar-refractivity contribution in [1.29, 1.82) is 0 Å². The van der Waals surface area contributed by atoms with Gasteiger partial charge in [-0.05, 0) is 28.5 Å². The number of nitrogens with one attached hydrogen (secondary N) is 2. The van der Waals surface area contributed by atoms with Crippen LogP contribution in [-0.4, -0.2) is 20.6 Å². The number of amides is 1. The van der Waals surface area contributed by atoms with E-state index in [9.17, 15) is 14.9 Å². The SMILES string of the molecule is O=C(NC1c2ccccc2CC1Br)c1ccc([N+](=O)[O-])[nH]1. The van der Waals surface area contributed by atoms with E-state index < -0.39 is 4.92 Å². The van der Waals surface area contributed by atoms with E-state index in [1.165, 1.54) is 17.7 Å². The average Bonchev–Trinajstić information content (AvgIpc) is 3.05. The van der Waals surface area contributed by atoms with Gasteiger partial charge < -0.3 is 15.4 Å². The third-order valence-electron chi connectivity index (χ3n) is 3.57. The second kappa shape index (κ2) is 5.33. The van der Waals surface area contributed by atoms with Crippen LogP contribution in [0.4, 0.5) is 5.82 Å². The lowest BCUT2D eigenvalue weighted by atomic mass is 10.1. The molecular formula is C14H12BrN3O3. The number of carbonyl (C=O) groups is 1. The Morgan fingerprint density at radius 3 is 2.81 bits per heavy atom. The predicted octanol–water partition coefficient (Wildman–Crippen LogP) is 2.71. The fourth-order valence-electron chi connectivity index (χ4n) is 2.56. The summed E-state index contributed by atoms with van der Waals surface area (Å²) in [7, 11) is 0. The molecule has 1 aliphatic carbocycles. The fourth-order valence-corrected chi connectivity index (χ4v) is 3.32. The molecule has 0 bridgehead atoms. The van der Waals surface area contributed by atoms with Crippen LogP contribution < -0.4 is 5.32 Å². The average molecular weight is 350 g/mol. The number of halogens is 1. The van der Waals surface area contributed by atoms with Gasteiger partial charge in [0.15, 0.2) is 5.69 Å². The molecule has 0 spiro atoms. The lowest BCUT2D eigenvalue weighted by Gasteiger charge is -2.16. The Bertz CT molecular complexity index is 713. The Morgan fingerprint density at radius 1 is 1.33 bits per heavy atom. The molecule has 0 aliphatic heterocycles. The molecule has 1 aromatic carbocycles. The van der Waals surface area contributed by atoms with Gasteiger partial charge in [0.1, 0.15) is 0 Å². The van der Waals surface area contributed by atoms with E-state index in [2.05, 4.69) is 26.2 Å². The van der Waals surface area contributed by atoms with Gasteiger partial charge >= 0.3 is 5.82 Å². The van der Waals surface area contributed by atoms with Gasteiger partial charge in [0, 0.05) is 10.9 Å². The first-order valence-corrected chi connectivity index (χ1v) is 7.34. The molecule has 2 aromatic rings. The molecule has 0 saturated carbocycles. The summed E-state index contributed by atoms with van der Waals surface area (Å²) in [5.41, 5.74) is 2.46. The lowest BCUT2D eigenvalue weighted by Crippen LogP contribution is -2.31. The van der Waals surface area contributed by atoms with Crippen LogP contribution in [0.25, 0.3) is 0 Å². The summed E-state index contributed by atoms with van der Waals surface area (Å²) in [6.45, 7) is 0. The standard InChI is InChI=1S/C14H12BrN3O3/c15-10-7-8-3-1-2-4-9(8)13(10)17-14(19)11-5-6-12(16-11)18(20)21/h1-6,10,13,16H,7H2,(H,17,19). The van der Waals surface area contributed by atoms with E-state index in [1.807, 2.05) is 24.3 Å². The first kappa shape index (κ1) is 13.8. The van der Waals surface area contributed by atoms with Crippen molar-refractivity contribution >= 4 is 27.7 Å². The van der Waals surface area contributed by atoms with Gasteiger partial charge in [-0.2, -0.15) is 0 Å². The molecule has 21 heavy (non-hydrogen) atoms. The number of H-pyrrole nitrogens is 1. The Balaban J connectivity index is 1.80. The minimum atomic E-state index is -0.561. The number of hydrogen-bond acceptors (Lipinski definition) is 3. The number of aromatic amines is 1. The van der Waals surface area contributed by atoms with E-state index in [0.29, 0.717) is 0 Å². The summed E-state index contributed by atoms with van der Waals surface area (Å²) < 4.78 is 0. The van der Waals surface area contributed by atoms with E-state index in [0.717, 1.165) is 12.0 Å². The minimum absolute atomic E-state index is 0.115. The van der Waals surface area contributed by atoms with Crippen LogP contribution in [0.3, 0.4) is 0 Å². The Kier molecular flexibility index (Phi) is 3.50. The molecule has 3 rings (SSSR count). The summed E-state index contributed by atoms with van der Waals surface area (Å²) in [5.74, 6) is -0.545. The van der Waals surface area contributed by atoms with Crippen molar-refractivity contribution < 1.29 is 9.72 Å². The quantitative estimate of drug-likeness (QED) is 0.507. The van der Waals surface area contributed by atoms with Gasteiger partial charge in [-0.1, -0.05) is 40.2 Å². The molecule has 1 aromatic heterocycles. The third-order valence-corrected chi connectivity index (χ3v) is 4.42. The first-order chi connectivity index (χ1) is 10.1. The van der Waals surface area contributed by atoms with Crippen molar-refractivity contribution in [2.24, 2.45) is 0 Å². The van der Waals surface area contributed by atoms with Gasteiger partial charge in [0.25, 0.3) is 5.91 Å². The van der Waals surface area contributed by atoms with Gasteiger partial charge in [-0.15, -0.1) is 0 Å². The molecule has 0 saturated heterocycles. The highest BCUT2D eigenvalue weighted by Gasteiger charge is 2.32. The first-order valence-electron chi connectivity index (χ1n) is 6.42. The van der Waals surface area contributed by atoms with Gasteiger partial charge in [-0.3, -0.25) is 4.79 Å². The second-order valence-corrected chi connectivity index (χ2v) is 6.06. The monoisotopic (exact) mass is 349 g/mol. The number of aromatic nitrogens is 1. The van der Waals surface area contributed by atoms with Crippen LogP contribution in [-0.2, 0) is 6.42 Å². The molecule has 0 fully saturated rings. The highest BCUT2D eigenvalue weighted by Crippen LogP contribution is 2.35. The van der Waals surface area contributed by atoms with Crippen LogP contribution >= 0.6 is 15.9 Å². The number of rotatable bonds is 3. The maximum absolute atomic E-state index is 12.2. The second-order valence-electron chi connectivity index (χ2n) is 4.88. The number of hydrogen-bond donors (Lipinski definition) is 2. The van der Waals surface area contributed by atoms with Crippen molar-refractivity contribution in [3.8, 4) is 0 Å². The largest absolute Gasteiger partial charge is 0.358 e. The zero-order valence-corrected chi connectivity index (χ0v) is 12.5. The van der Waals surface area contributed by atoms with Crippen LogP contribution in [0.2, 0.25) is 0 Å². The van der Waals surface area contributed by atoms with Crippen LogP contribution in [0.5, 0.6) is 0 Å². The van der Waals surface area contributed by atoms with Crippen LogP contribution in [0.1, 0.15) is 27.7 Å². The van der Waals surface area contributed by atoms with Gasteiger partial charge in [-0.25, -0.2) is 4.98 Å². The number of alkyl halides is 1. The van der Waals surface area contributed by atoms with Crippen molar-refractivity contribution in [3.63, 3.8) is 0 Å². The Hall–Kier alpha value is -2.15. The van der Waals surface area contributed by atoms with Crippen LogP contribution in [0.15, 0.2) is 36.4 Å². The van der Waals surface area contributed by atoms with Crippen molar-refractivity contribution in [2.45, 2.75) is 17.3 Å². The molecule has 2 N–H and O–H groups in total. The number of fused-ring (bicyclic) bond motifs is 1. The molecule has 7 heteroatoms. The third kappa shape index (κ3) is 2.56. The summed E-state index contributed by atoms with van der Waals surface area (Å²) >= 11 is 3.58. The lowest BCUT2D eigenvalue weighted by molar-refractivity contribution is -0.389. The van der Waals surface area contributed by atoms with E-state index in [4.69, 9.17) is 0 Å². The summed E-state index contributed by atoms with van der Waals surface area (Å²) in [4.78, 5) is 24.9. The van der Waals surface area contributed by atoms with Crippen molar-refractivity contribution in [2.75, 3.05) is 0 Å². The number of nitrogens with zero attached hydrogens (tertiary/aromatic N) is 1.